The lowest BCUT2D eigenvalue weighted by molar-refractivity contribution is -0.142. The standard InChI is InChI=1S/C23H17FN2O6S/c24-17-9-15(20-16(10-17)12-30-22(31-20)14-5-2-1-3-6-14)11-29-19(27)13-33-23-26-25-21(32-23)18-7-4-8-28-18/h1-10,22H,11-13H2/t22-/m0/s1. The van der Waals surface area contributed by atoms with Crippen LogP contribution in [0.25, 0.3) is 11.7 Å². The first kappa shape index (κ1) is 21.2. The van der Waals surface area contributed by atoms with E-state index in [0.717, 1.165) is 17.3 Å². The van der Waals surface area contributed by atoms with E-state index in [-0.39, 0.29) is 30.1 Å². The summed E-state index contributed by atoms with van der Waals surface area (Å²) in [6, 6.07) is 15.4. The molecule has 0 saturated carbocycles. The lowest BCUT2D eigenvalue weighted by Gasteiger charge is -2.28. The largest absolute Gasteiger partial charge is 0.460 e. The van der Waals surface area contributed by atoms with E-state index in [1.54, 1.807) is 12.1 Å². The zero-order valence-corrected chi connectivity index (χ0v) is 17.9. The highest BCUT2D eigenvalue weighted by atomic mass is 32.2. The van der Waals surface area contributed by atoms with Crippen LogP contribution in [0.5, 0.6) is 5.75 Å². The van der Waals surface area contributed by atoms with Crippen LogP contribution in [0.1, 0.15) is 23.0 Å². The Balaban J connectivity index is 1.21. The zero-order chi connectivity index (χ0) is 22.6. The first-order chi connectivity index (χ1) is 16.2. The minimum absolute atomic E-state index is 0.0616. The topological polar surface area (TPSA) is 96.8 Å². The number of ether oxygens (including phenoxy) is 3. The molecule has 0 unspecified atom stereocenters. The fraction of sp³-hybridized carbons (Fsp3) is 0.174. The van der Waals surface area contributed by atoms with Crippen LogP contribution in [0.15, 0.2) is 74.9 Å². The number of benzene rings is 2. The monoisotopic (exact) mass is 468 g/mol. The number of thioether (sulfide) groups is 1. The minimum atomic E-state index is -0.630. The normalized spacial score (nSPS) is 15.0. The third-order valence-electron chi connectivity index (χ3n) is 4.73. The molecule has 5 rings (SSSR count). The molecule has 2 aromatic heterocycles. The van der Waals surface area contributed by atoms with Gasteiger partial charge >= 0.3 is 5.97 Å². The van der Waals surface area contributed by atoms with E-state index >= 15 is 0 Å². The number of carbonyl (C=O) groups is 1. The molecule has 0 bridgehead atoms. The summed E-state index contributed by atoms with van der Waals surface area (Å²) in [6.45, 7) is 0.0289. The van der Waals surface area contributed by atoms with Crippen LogP contribution in [0.3, 0.4) is 0 Å². The molecule has 10 heteroatoms. The number of hydrogen-bond acceptors (Lipinski definition) is 9. The molecule has 168 valence electrons. The number of halogens is 1. The van der Waals surface area contributed by atoms with Crippen molar-refractivity contribution >= 4 is 17.7 Å². The summed E-state index contributed by atoms with van der Waals surface area (Å²) in [5.41, 5.74) is 1.81. The van der Waals surface area contributed by atoms with Crippen molar-refractivity contribution in [1.29, 1.82) is 0 Å². The quantitative estimate of drug-likeness (QED) is 0.277. The zero-order valence-electron chi connectivity index (χ0n) is 17.1. The Bertz CT molecular complexity index is 1250. The molecule has 0 spiro atoms. The maximum absolute atomic E-state index is 14.1. The predicted octanol–water partition coefficient (Wildman–Crippen LogP) is 4.91. The van der Waals surface area contributed by atoms with Gasteiger partial charge in [-0.2, -0.15) is 0 Å². The molecular formula is C23H17FN2O6S. The molecule has 0 fully saturated rings. The van der Waals surface area contributed by atoms with Gasteiger partial charge in [0.25, 0.3) is 11.1 Å². The third kappa shape index (κ3) is 4.91. The molecule has 0 radical (unpaired) electrons. The second-order valence-corrected chi connectivity index (χ2v) is 7.95. The van der Waals surface area contributed by atoms with Crippen molar-refractivity contribution in [2.75, 3.05) is 5.75 Å². The maximum atomic E-state index is 14.1. The van der Waals surface area contributed by atoms with E-state index in [4.69, 9.17) is 23.0 Å². The molecule has 1 aliphatic rings. The summed E-state index contributed by atoms with van der Waals surface area (Å²) in [4.78, 5) is 12.3. The van der Waals surface area contributed by atoms with Crippen LogP contribution in [0.4, 0.5) is 4.39 Å². The number of esters is 1. The summed E-state index contributed by atoms with van der Waals surface area (Å²) in [5.74, 6) is 0.0591. The van der Waals surface area contributed by atoms with Gasteiger partial charge in [0.05, 0.1) is 12.9 Å². The van der Waals surface area contributed by atoms with Crippen LogP contribution in [0, 0.1) is 5.82 Å². The minimum Gasteiger partial charge on any atom is -0.460 e. The second kappa shape index (κ2) is 9.47. The molecule has 0 saturated heterocycles. The van der Waals surface area contributed by atoms with Gasteiger partial charge in [-0.3, -0.25) is 4.79 Å². The summed E-state index contributed by atoms with van der Waals surface area (Å²) in [5, 5.41) is 7.93. The summed E-state index contributed by atoms with van der Waals surface area (Å²) < 4.78 is 41.8. The number of aromatic nitrogens is 2. The van der Waals surface area contributed by atoms with Gasteiger partial charge in [-0.1, -0.05) is 42.1 Å². The molecular weight excluding hydrogens is 451 g/mol. The average Bonchev–Trinajstić information content (AvgIpc) is 3.53. The summed E-state index contributed by atoms with van der Waals surface area (Å²) in [7, 11) is 0. The van der Waals surface area contributed by atoms with Crippen LogP contribution >= 0.6 is 11.8 Å². The van der Waals surface area contributed by atoms with Gasteiger partial charge in [-0.05, 0) is 24.3 Å². The highest BCUT2D eigenvalue weighted by Gasteiger charge is 2.25. The van der Waals surface area contributed by atoms with Gasteiger partial charge in [0.15, 0.2) is 5.76 Å². The van der Waals surface area contributed by atoms with Crippen molar-refractivity contribution in [2.24, 2.45) is 0 Å². The number of nitrogens with zero attached hydrogens (tertiary/aromatic N) is 2. The van der Waals surface area contributed by atoms with E-state index in [1.165, 1.54) is 18.4 Å². The fourth-order valence-electron chi connectivity index (χ4n) is 3.25. The third-order valence-corrected chi connectivity index (χ3v) is 5.53. The Hall–Kier alpha value is -3.63. The van der Waals surface area contributed by atoms with E-state index in [2.05, 4.69) is 10.2 Å². The van der Waals surface area contributed by atoms with Crippen molar-refractivity contribution in [3.05, 3.63) is 83.4 Å². The first-order valence-electron chi connectivity index (χ1n) is 9.96. The molecule has 0 amide bonds. The van der Waals surface area contributed by atoms with Gasteiger partial charge in [-0.25, -0.2) is 4.39 Å². The Labute approximate surface area is 191 Å². The van der Waals surface area contributed by atoms with Crippen LogP contribution < -0.4 is 4.74 Å². The van der Waals surface area contributed by atoms with Crippen LogP contribution in [-0.2, 0) is 27.5 Å². The number of furan rings is 1. The predicted molar refractivity (Wildman–Crippen MR) is 114 cm³/mol. The number of fused-ring (bicyclic) bond motifs is 1. The molecule has 3 heterocycles. The summed E-state index contributed by atoms with van der Waals surface area (Å²) >= 11 is 1.03. The van der Waals surface area contributed by atoms with E-state index in [0.29, 0.717) is 22.6 Å². The Kier molecular flexibility index (Phi) is 6.09. The highest BCUT2D eigenvalue weighted by Crippen LogP contribution is 2.37. The maximum Gasteiger partial charge on any atom is 0.316 e. The van der Waals surface area contributed by atoms with Crippen molar-refractivity contribution < 1.29 is 32.2 Å². The first-order valence-corrected chi connectivity index (χ1v) is 10.9. The van der Waals surface area contributed by atoms with E-state index < -0.39 is 18.1 Å². The van der Waals surface area contributed by atoms with Crippen molar-refractivity contribution in [3.63, 3.8) is 0 Å². The van der Waals surface area contributed by atoms with E-state index in [1.807, 2.05) is 30.3 Å². The molecule has 33 heavy (non-hydrogen) atoms. The summed E-state index contributed by atoms with van der Waals surface area (Å²) in [6.07, 6.45) is 0.863. The van der Waals surface area contributed by atoms with Crippen LogP contribution in [0.2, 0.25) is 0 Å². The van der Waals surface area contributed by atoms with Gasteiger partial charge in [0.2, 0.25) is 6.29 Å². The molecule has 0 N–H and O–H groups in total. The Morgan fingerprint density at radius 1 is 1.15 bits per heavy atom. The lowest BCUT2D eigenvalue weighted by atomic mass is 10.1. The van der Waals surface area contributed by atoms with Gasteiger partial charge in [-0.15, -0.1) is 10.2 Å². The van der Waals surface area contributed by atoms with Gasteiger partial charge in [0, 0.05) is 16.7 Å². The number of carbonyl (C=O) groups excluding carboxylic acids is 1. The smallest absolute Gasteiger partial charge is 0.316 e. The van der Waals surface area contributed by atoms with Crippen molar-refractivity contribution in [1.82, 2.24) is 10.2 Å². The molecule has 4 aromatic rings. The highest BCUT2D eigenvalue weighted by molar-refractivity contribution is 7.99. The van der Waals surface area contributed by atoms with Gasteiger partial charge < -0.3 is 23.0 Å². The van der Waals surface area contributed by atoms with Crippen molar-refractivity contribution in [3.8, 4) is 17.4 Å². The lowest BCUT2D eigenvalue weighted by Crippen LogP contribution is -2.20. The van der Waals surface area contributed by atoms with Gasteiger partial charge in [0.1, 0.15) is 23.9 Å². The molecule has 1 aliphatic heterocycles. The average molecular weight is 468 g/mol. The second-order valence-electron chi connectivity index (χ2n) is 7.02. The van der Waals surface area contributed by atoms with Crippen LogP contribution in [-0.4, -0.2) is 21.9 Å². The van der Waals surface area contributed by atoms with Crippen molar-refractivity contribution in [2.45, 2.75) is 24.7 Å². The van der Waals surface area contributed by atoms with E-state index in [9.17, 15) is 9.18 Å². The molecule has 8 nitrogen and oxygen atoms in total. The SMILES string of the molecule is O=C(CSc1nnc(-c2ccco2)o1)OCc1cc(F)cc2c1O[C@@H](c1ccccc1)OC2. The Morgan fingerprint density at radius 3 is 2.85 bits per heavy atom. The molecule has 2 aromatic carbocycles. The number of hydrogen-bond donors (Lipinski definition) is 0. The molecule has 0 aliphatic carbocycles. The fourth-order valence-corrected chi connectivity index (χ4v) is 3.81. The molecule has 1 atom stereocenters. The Morgan fingerprint density at radius 2 is 2.03 bits per heavy atom. The number of rotatable bonds is 7.